The Kier molecular flexibility index (Phi) is 6.53. The lowest BCUT2D eigenvalue weighted by atomic mass is 9.87. The molecular formula is C24H33N5O2. The van der Waals surface area contributed by atoms with E-state index < -0.39 is 0 Å². The molecule has 0 spiro atoms. The van der Waals surface area contributed by atoms with Crippen LogP contribution < -0.4 is 4.74 Å². The van der Waals surface area contributed by atoms with Gasteiger partial charge in [0.05, 0.1) is 5.69 Å². The van der Waals surface area contributed by atoms with Gasteiger partial charge in [-0.25, -0.2) is 4.68 Å². The van der Waals surface area contributed by atoms with Crippen molar-refractivity contribution in [2.75, 3.05) is 7.05 Å². The summed E-state index contributed by atoms with van der Waals surface area (Å²) in [5.41, 5.74) is 4.89. The summed E-state index contributed by atoms with van der Waals surface area (Å²) in [5, 5.41) is 8.92. The van der Waals surface area contributed by atoms with Crippen molar-refractivity contribution in [3.8, 4) is 5.75 Å². The minimum Gasteiger partial charge on any atom is -0.471 e. The third-order valence-electron chi connectivity index (χ3n) is 5.52. The fourth-order valence-electron chi connectivity index (χ4n) is 3.51. The third-order valence-corrected chi connectivity index (χ3v) is 5.52. The van der Waals surface area contributed by atoms with Crippen molar-refractivity contribution in [1.29, 1.82) is 0 Å². The summed E-state index contributed by atoms with van der Waals surface area (Å²) in [5.74, 6) is 0.642. The van der Waals surface area contributed by atoms with Crippen LogP contribution in [0.5, 0.6) is 5.75 Å². The summed E-state index contributed by atoms with van der Waals surface area (Å²) >= 11 is 0. The average Bonchev–Trinajstić information content (AvgIpc) is 3.31. The van der Waals surface area contributed by atoms with Crippen molar-refractivity contribution in [3.63, 3.8) is 0 Å². The zero-order chi connectivity index (χ0) is 22.8. The van der Waals surface area contributed by atoms with E-state index in [4.69, 9.17) is 4.74 Å². The predicted molar refractivity (Wildman–Crippen MR) is 121 cm³/mol. The van der Waals surface area contributed by atoms with Crippen molar-refractivity contribution in [2.45, 2.75) is 66.8 Å². The molecule has 0 fully saturated rings. The molecule has 7 nitrogen and oxygen atoms in total. The minimum atomic E-state index is -0.128. The van der Waals surface area contributed by atoms with Crippen LogP contribution in [0.3, 0.4) is 0 Å². The molecular weight excluding hydrogens is 390 g/mol. The minimum absolute atomic E-state index is 0.105. The van der Waals surface area contributed by atoms with Gasteiger partial charge in [0.25, 0.3) is 5.91 Å². The summed E-state index contributed by atoms with van der Waals surface area (Å²) < 4.78 is 9.41. The first kappa shape index (κ1) is 22.6. The van der Waals surface area contributed by atoms with Gasteiger partial charge in [-0.2, -0.15) is 10.2 Å². The largest absolute Gasteiger partial charge is 0.471 e. The van der Waals surface area contributed by atoms with Crippen molar-refractivity contribution in [1.82, 2.24) is 24.5 Å². The van der Waals surface area contributed by atoms with E-state index in [9.17, 15) is 4.79 Å². The van der Waals surface area contributed by atoms with E-state index in [1.165, 1.54) is 5.56 Å². The van der Waals surface area contributed by atoms with Crippen LogP contribution in [0, 0.1) is 13.8 Å². The van der Waals surface area contributed by atoms with Crippen LogP contribution in [-0.2, 0) is 25.2 Å². The summed E-state index contributed by atoms with van der Waals surface area (Å²) in [4.78, 5) is 14.5. The van der Waals surface area contributed by atoms with Gasteiger partial charge in [0.1, 0.15) is 5.75 Å². The molecule has 0 aliphatic heterocycles. The number of carbonyl (C=O) groups is 1. The van der Waals surface area contributed by atoms with E-state index in [1.807, 2.05) is 30.7 Å². The fourth-order valence-corrected chi connectivity index (χ4v) is 3.51. The van der Waals surface area contributed by atoms with Gasteiger partial charge in [0, 0.05) is 37.6 Å². The molecule has 31 heavy (non-hydrogen) atoms. The number of benzene rings is 1. The molecule has 0 saturated heterocycles. The monoisotopic (exact) mass is 423 g/mol. The van der Waals surface area contributed by atoms with E-state index in [0.717, 1.165) is 29.2 Å². The van der Waals surface area contributed by atoms with Gasteiger partial charge in [0.2, 0.25) is 0 Å². The number of aromatic nitrogens is 4. The number of ether oxygens (including phenoxy) is 1. The average molecular weight is 424 g/mol. The highest BCUT2D eigenvalue weighted by Crippen LogP contribution is 2.24. The molecule has 0 saturated carbocycles. The molecule has 0 radical (unpaired) electrons. The number of amides is 1. The maximum absolute atomic E-state index is 12.8. The zero-order valence-electron chi connectivity index (χ0n) is 19.6. The Hall–Kier alpha value is -3.09. The van der Waals surface area contributed by atoms with Crippen molar-refractivity contribution < 1.29 is 9.53 Å². The quantitative estimate of drug-likeness (QED) is 0.568. The summed E-state index contributed by atoms with van der Waals surface area (Å²) in [6.45, 7) is 14.2. The van der Waals surface area contributed by atoms with Gasteiger partial charge in [-0.3, -0.25) is 9.48 Å². The Morgan fingerprint density at radius 2 is 1.77 bits per heavy atom. The lowest BCUT2D eigenvalue weighted by molar-refractivity contribution is 0.0776. The maximum atomic E-state index is 12.8. The fraction of sp³-hybridized carbons (Fsp3) is 0.458. The first-order valence-corrected chi connectivity index (χ1v) is 10.6. The Morgan fingerprint density at radius 1 is 1.10 bits per heavy atom. The van der Waals surface area contributed by atoms with Crippen LogP contribution in [0.1, 0.15) is 60.7 Å². The molecule has 3 aromatic rings. The van der Waals surface area contributed by atoms with E-state index >= 15 is 0 Å². The van der Waals surface area contributed by atoms with Crippen LogP contribution in [0.2, 0.25) is 0 Å². The third kappa shape index (κ3) is 5.16. The molecule has 2 heterocycles. The van der Waals surface area contributed by atoms with Gasteiger partial charge >= 0.3 is 0 Å². The Balaban J connectivity index is 1.61. The van der Waals surface area contributed by atoms with Crippen LogP contribution >= 0.6 is 0 Å². The molecule has 2 aromatic heterocycles. The second kappa shape index (κ2) is 8.96. The van der Waals surface area contributed by atoms with E-state index in [0.29, 0.717) is 12.2 Å². The number of nitrogens with zero attached hydrogens (tertiary/aromatic N) is 5. The molecule has 0 aliphatic carbocycles. The van der Waals surface area contributed by atoms with E-state index in [-0.39, 0.29) is 18.1 Å². The first-order valence-electron chi connectivity index (χ1n) is 10.6. The SMILES string of the molecule is CCn1nc(C)c(CN(C)C(=O)c2ccn(COc3ccc(C(C)(C)C)cc3)n2)c1C. The maximum Gasteiger partial charge on any atom is 0.274 e. The Bertz CT molecular complexity index is 1040. The molecule has 0 atom stereocenters. The molecule has 0 unspecified atom stereocenters. The highest BCUT2D eigenvalue weighted by atomic mass is 16.5. The van der Waals surface area contributed by atoms with Gasteiger partial charge in [-0.1, -0.05) is 32.9 Å². The standard InChI is InChI=1S/C24H33N5O2/c1-8-29-18(3)21(17(2)25-29)15-27(7)23(30)22-13-14-28(26-22)16-31-20-11-9-19(10-12-20)24(4,5)6/h9-14H,8,15-16H2,1-7H3. The topological polar surface area (TPSA) is 65.2 Å². The molecule has 7 heteroatoms. The van der Waals surface area contributed by atoms with Crippen LogP contribution in [0.4, 0.5) is 0 Å². The molecule has 0 aliphatic rings. The van der Waals surface area contributed by atoms with Gasteiger partial charge < -0.3 is 9.64 Å². The Labute approximate surface area is 184 Å². The van der Waals surface area contributed by atoms with E-state index in [1.54, 1.807) is 28.9 Å². The van der Waals surface area contributed by atoms with Gasteiger partial charge in [0.15, 0.2) is 12.4 Å². The smallest absolute Gasteiger partial charge is 0.274 e. The number of hydrogen-bond acceptors (Lipinski definition) is 4. The zero-order valence-corrected chi connectivity index (χ0v) is 19.6. The summed E-state index contributed by atoms with van der Waals surface area (Å²) in [6.07, 6.45) is 1.76. The second-order valence-electron chi connectivity index (χ2n) is 8.91. The lowest BCUT2D eigenvalue weighted by Gasteiger charge is -2.19. The summed E-state index contributed by atoms with van der Waals surface area (Å²) in [7, 11) is 1.79. The summed E-state index contributed by atoms with van der Waals surface area (Å²) in [6, 6.07) is 9.80. The number of rotatable bonds is 7. The van der Waals surface area contributed by atoms with Gasteiger partial charge in [-0.05, 0) is 49.9 Å². The molecule has 1 aromatic carbocycles. The first-order chi connectivity index (χ1) is 14.6. The normalized spacial score (nSPS) is 11.6. The molecule has 0 bridgehead atoms. The molecule has 3 rings (SSSR count). The molecule has 1 amide bonds. The van der Waals surface area contributed by atoms with Crippen LogP contribution in [-0.4, -0.2) is 37.4 Å². The highest BCUT2D eigenvalue weighted by molar-refractivity contribution is 5.92. The van der Waals surface area contributed by atoms with E-state index in [2.05, 4.69) is 50.0 Å². The Morgan fingerprint density at radius 3 is 2.35 bits per heavy atom. The van der Waals surface area contributed by atoms with Crippen LogP contribution in [0.25, 0.3) is 0 Å². The molecule has 166 valence electrons. The molecule has 0 N–H and O–H groups in total. The lowest BCUT2D eigenvalue weighted by Crippen LogP contribution is -2.27. The van der Waals surface area contributed by atoms with Crippen molar-refractivity contribution in [2.24, 2.45) is 0 Å². The predicted octanol–water partition coefficient (Wildman–Crippen LogP) is 4.32. The van der Waals surface area contributed by atoms with Crippen molar-refractivity contribution >= 4 is 5.91 Å². The number of hydrogen-bond donors (Lipinski definition) is 0. The van der Waals surface area contributed by atoms with Crippen molar-refractivity contribution in [3.05, 3.63) is 64.7 Å². The number of carbonyl (C=O) groups excluding carboxylic acids is 1. The van der Waals surface area contributed by atoms with Crippen LogP contribution in [0.15, 0.2) is 36.5 Å². The second-order valence-corrected chi connectivity index (χ2v) is 8.91. The highest BCUT2D eigenvalue weighted by Gasteiger charge is 2.19. The number of aryl methyl sites for hydroxylation is 2. The van der Waals surface area contributed by atoms with Gasteiger partial charge in [-0.15, -0.1) is 0 Å².